The Bertz CT molecular complexity index is 1190. The summed E-state index contributed by atoms with van der Waals surface area (Å²) in [5, 5.41) is 2.40. The smallest absolute Gasteiger partial charge is 0.226 e. The summed E-state index contributed by atoms with van der Waals surface area (Å²) in [5.74, 6) is 1.19. The van der Waals surface area contributed by atoms with Gasteiger partial charge in [0.05, 0.1) is 30.4 Å². The average molecular weight is 462 g/mol. The first-order valence-corrected chi connectivity index (χ1v) is 13.4. The van der Waals surface area contributed by atoms with Gasteiger partial charge in [0.1, 0.15) is 0 Å². The summed E-state index contributed by atoms with van der Waals surface area (Å²) in [6, 6.07) is 16.7. The van der Waals surface area contributed by atoms with Crippen molar-refractivity contribution in [1.29, 1.82) is 0 Å². The Labute approximate surface area is 196 Å². The molecule has 0 spiro atoms. The lowest BCUT2D eigenvalue weighted by atomic mass is 9.78. The van der Waals surface area contributed by atoms with E-state index in [-0.39, 0.29) is 11.8 Å². The van der Waals surface area contributed by atoms with E-state index < -0.39 is 0 Å². The van der Waals surface area contributed by atoms with E-state index in [0.29, 0.717) is 11.8 Å². The number of piperidine rings is 1. The Hall–Kier alpha value is -2.31. The van der Waals surface area contributed by atoms with E-state index in [1.807, 2.05) is 17.4 Å². The van der Waals surface area contributed by atoms with Crippen molar-refractivity contribution in [1.82, 2.24) is 14.9 Å². The topological polar surface area (TPSA) is 46.1 Å². The SMILES string of the molecule is O=C([C@@H]1CCCC[C@@H]1c1nc2ccccc2s1)N1CCC(c2nc3ccccc3s2)CC1. The fourth-order valence-corrected chi connectivity index (χ4v) is 7.72. The largest absolute Gasteiger partial charge is 0.342 e. The number of nitrogens with zero attached hydrogens (tertiary/aromatic N) is 3. The van der Waals surface area contributed by atoms with Crippen LogP contribution in [0.15, 0.2) is 48.5 Å². The van der Waals surface area contributed by atoms with Crippen molar-refractivity contribution >= 4 is 49.0 Å². The van der Waals surface area contributed by atoms with Gasteiger partial charge in [-0.2, -0.15) is 0 Å². The zero-order chi connectivity index (χ0) is 21.5. The molecular formula is C26H27N3OS2. The molecule has 4 aromatic rings. The highest BCUT2D eigenvalue weighted by Crippen LogP contribution is 2.42. The Kier molecular flexibility index (Phi) is 5.43. The van der Waals surface area contributed by atoms with E-state index >= 15 is 0 Å². The summed E-state index contributed by atoms with van der Waals surface area (Å²) in [4.78, 5) is 25.6. The molecule has 2 fully saturated rings. The number of hydrogen-bond acceptors (Lipinski definition) is 5. The molecule has 0 unspecified atom stereocenters. The van der Waals surface area contributed by atoms with E-state index in [9.17, 15) is 4.79 Å². The summed E-state index contributed by atoms with van der Waals surface area (Å²) >= 11 is 3.60. The van der Waals surface area contributed by atoms with Crippen molar-refractivity contribution in [3.8, 4) is 0 Å². The number of hydrogen-bond donors (Lipinski definition) is 0. The monoisotopic (exact) mass is 461 g/mol. The summed E-state index contributed by atoms with van der Waals surface area (Å²) in [6.45, 7) is 1.70. The van der Waals surface area contributed by atoms with Crippen LogP contribution in [0.25, 0.3) is 20.4 Å². The van der Waals surface area contributed by atoms with Crippen molar-refractivity contribution in [3.05, 3.63) is 58.5 Å². The van der Waals surface area contributed by atoms with Crippen LogP contribution in [0.4, 0.5) is 0 Å². The minimum atomic E-state index is 0.0864. The molecule has 6 heteroatoms. The van der Waals surface area contributed by atoms with Crippen LogP contribution in [0.3, 0.4) is 0 Å². The summed E-state index contributed by atoms with van der Waals surface area (Å²) in [5.41, 5.74) is 2.17. The van der Waals surface area contributed by atoms with Gasteiger partial charge in [0, 0.05) is 30.8 Å². The molecule has 0 bridgehead atoms. The van der Waals surface area contributed by atoms with Crippen LogP contribution in [-0.2, 0) is 4.79 Å². The maximum Gasteiger partial charge on any atom is 0.226 e. The number of rotatable bonds is 3. The van der Waals surface area contributed by atoms with Gasteiger partial charge < -0.3 is 4.90 Å². The third-order valence-electron chi connectivity index (χ3n) is 7.18. The van der Waals surface area contributed by atoms with Crippen molar-refractivity contribution in [2.24, 2.45) is 5.92 Å². The van der Waals surface area contributed by atoms with E-state index in [2.05, 4.69) is 47.4 Å². The zero-order valence-corrected chi connectivity index (χ0v) is 19.7. The van der Waals surface area contributed by atoms with E-state index in [0.717, 1.165) is 61.2 Å². The van der Waals surface area contributed by atoms with Gasteiger partial charge in [-0.1, -0.05) is 37.1 Å². The molecule has 1 amide bonds. The Morgan fingerprint density at radius 1 is 0.781 bits per heavy atom. The lowest BCUT2D eigenvalue weighted by molar-refractivity contribution is -0.138. The molecule has 2 aromatic heterocycles. The quantitative estimate of drug-likeness (QED) is 0.346. The highest BCUT2D eigenvalue weighted by molar-refractivity contribution is 7.19. The van der Waals surface area contributed by atoms with Crippen LogP contribution in [0, 0.1) is 5.92 Å². The third kappa shape index (κ3) is 3.73. The maximum atomic E-state index is 13.6. The molecule has 2 atom stereocenters. The van der Waals surface area contributed by atoms with Crippen LogP contribution in [0.5, 0.6) is 0 Å². The molecule has 6 rings (SSSR count). The van der Waals surface area contributed by atoms with Crippen molar-refractivity contribution in [2.45, 2.75) is 50.4 Å². The predicted molar refractivity (Wildman–Crippen MR) is 132 cm³/mol. The molecule has 32 heavy (non-hydrogen) atoms. The number of thiazole rings is 2. The van der Waals surface area contributed by atoms with Gasteiger partial charge in [0.25, 0.3) is 0 Å². The Morgan fingerprint density at radius 2 is 1.38 bits per heavy atom. The fraction of sp³-hybridized carbons (Fsp3) is 0.423. The van der Waals surface area contributed by atoms with Crippen LogP contribution >= 0.6 is 22.7 Å². The Balaban J connectivity index is 1.16. The molecule has 2 aliphatic rings. The lowest BCUT2D eigenvalue weighted by Crippen LogP contribution is -2.43. The molecule has 0 radical (unpaired) electrons. The Morgan fingerprint density at radius 3 is 2.06 bits per heavy atom. The molecule has 1 aliphatic carbocycles. The van der Waals surface area contributed by atoms with E-state index in [1.54, 1.807) is 11.3 Å². The second-order valence-corrected chi connectivity index (χ2v) is 11.3. The maximum absolute atomic E-state index is 13.6. The van der Waals surface area contributed by atoms with Gasteiger partial charge in [0.2, 0.25) is 5.91 Å². The van der Waals surface area contributed by atoms with Gasteiger partial charge >= 0.3 is 0 Å². The van der Waals surface area contributed by atoms with Crippen molar-refractivity contribution < 1.29 is 4.79 Å². The number of aromatic nitrogens is 2. The first kappa shape index (κ1) is 20.3. The van der Waals surface area contributed by atoms with Crippen LogP contribution in [0.2, 0.25) is 0 Å². The first-order chi connectivity index (χ1) is 15.8. The van der Waals surface area contributed by atoms with Gasteiger partial charge in [-0.05, 0) is 49.9 Å². The second-order valence-electron chi connectivity index (χ2n) is 9.14. The highest BCUT2D eigenvalue weighted by Gasteiger charge is 2.37. The molecule has 1 saturated carbocycles. The molecule has 0 N–H and O–H groups in total. The molecule has 4 nitrogen and oxygen atoms in total. The van der Waals surface area contributed by atoms with E-state index in [1.165, 1.54) is 20.8 Å². The van der Waals surface area contributed by atoms with E-state index in [4.69, 9.17) is 9.97 Å². The molecular weight excluding hydrogens is 434 g/mol. The fourth-order valence-electron chi connectivity index (χ4n) is 5.42. The normalized spacial score (nSPS) is 22.6. The standard InChI is InChI=1S/C26H27N3OS2/c30-26(19-8-2-1-7-18(19)25-28-21-10-4-6-12-23(21)32-25)29-15-13-17(14-16-29)24-27-20-9-3-5-11-22(20)31-24/h3-6,9-12,17-19H,1-2,7-8,13-16H2/t18-,19+/m0/s1. The number of likely N-dealkylation sites (tertiary alicyclic amines) is 1. The lowest BCUT2D eigenvalue weighted by Gasteiger charge is -2.37. The number of para-hydroxylation sites is 2. The first-order valence-electron chi connectivity index (χ1n) is 11.8. The molecule has 164 valence electrons. The average Bonchev–Trinajstić information content (AvgIpc) is 3.48. The molecule has 1 aliphatic heterocycles. The summed E-state index contributed by atoms with van der Waals surface area (Å²) in [7, 11) is 0. The third-order valence-corrected chi connectivity index (χ3v) is 9.54. The van der Waals surface area contributed by atoms with Gasteiger partial charge in [-0.25, -0.2) is 9.97 Å². The van der Waals surface area contributed by atoms with Gasteiger partial charge in [-0.3, -0.25) is 4.79 Å². The van der Waals surface area contributed by atoms with Crippen LogP contribution in [0.1, 0.15) is 60.4 Å². The van der Waals surface area contributed by atoms with Crippen molar-refractivity contribution in [2.75, 3.05) is 13.1 Å². The summed E-state index contributed by atoms with van der Waals surface area (Å²) in [6.07, 6.45) is 6.47. The number of carbonyl (C=O) groups excluding carboxylic acids is 1. The number of benzene rings is 2. The van der Waals surface area contributed by atoms with Gasteiger partial charge in [-0.15, -0.1) is 22.7 Å². The summed E-state index contributed by atoms with van der Waals surface area (Å²) < 4.78 is 2.50. The number of amides is 1. The second kappa shape index (κ2) is 8.56. The molecule has 3 heterocycles. The molecule has 1 saturated heterocycles. The predicted octanol–water partition coefficient (Wildman–Crippen LogP) is 6.59. The minimum Gasteiger partial charge on any atom is -0.342 e. The zero-order valence-electron chi connectivity index (χ0n) is 18.1. The van der Waals surface area contributed by atoms with Crippen LogP contribution < -0.4 is 0 Å². The van der Waals surface area contributed by atoms with Gasteiger partial charge in [0.15, 0.2) is 0 Å². The highest BCUT2D eigenvalue weighted by atomic mass is 32.1. The number of carbonyl (C=O) groups is 1. The van der Waals surface area contributed by atoms with Crippen LogP contribution in [-0.4, -0.2) is 33.9 Å². The molecule has 2 aromatic carbocycles. The number of fused-ring (bicyclic) bond motifs is 2. The van der Waals surface area contributed by atoms with Crippen molar-refractivity contribution in [3.63, 3.8) is 0 Å². The minimum absolute atomic E-state index is 0.0864.